The van der Waals surface area contributed by atoms with Gasteiger partial charge in [0, 0.05) is 81.3 Å². The minimum Gasteiger partial charge on any atom is -0.744 e. The van der Waals surface area contributed by atoms with Crippen molar-refractivity contribution in [1.82, 2.24) is 0 Å². The van der Waals surface area contributed by atoms with Crippen LogP contribution in [-0.2, 0) is 64.9 Å². The summed E-state index contributed by atoms with van der Waals surface area (Å²) in [6.45, 7) is 6.42. The van der Waals surface area contributed by atoms with Gasteiger partial charge in [0.1, 0.15) is 26.8 Å². The van der Waals surface area contributed by atoms with E-state index in [2.05, 4.69) is 4.90 Å². The van der Waals surface area contributed by atoms with Gasteiger partial charge in [-0.05, 0) is 81.5 Å². The van der Waals surface area contributed by atoms with Gasteiger partial charge in [-0.25, -0.2) is 16.8 Å². The first-order chi connectivity index (χ1) is 30.2. The second-order valence-corrected chi connectivity index (χ2v) is 20.2. The first-order valence-corrected chi connectivity index (χ1v) is 25.3. The lowest BCUT2D eigenvalue weighted by molar-refractivity contribution is -0.437. The van der Waals surface area contributed by atoms with Crippen molar-refractivity contribution in [2.75, 3.05) is 77.6 Å². The van der Waals surface area contributed by atoms with E-state index in [-0.39, 0.29) is 30.9 Å². The molecular weight excluding hydrogens is 893 g/mol. The standard InChI is InChI=1S/C44H60N2O15S3/c1-43(21-25-60-29-27-58-3)36-32-34(63(52,53)54)17-19-38(36)45(23-12-8-11-16-42(47)48)40(43)14-9-6-5-7-10-15-41-44(2,22-26-61-30-28-59-4)37-33-35(64(55,56)57)18-20-39(37)46(41)24-13-31-62(49,50)51/h5-7,9-10,14-15,17-20,32-33H,8,11-13,16,21-31H2,1-4H3,(H3-,47,48,49,50,51,52,53,54,55,56,57)/p-1. The normalized spacial score (nSPS) is 19.9. The topological polar surface area (TPSA) is 249 Å². The van der Waals surface area contributed by atoms with Crippen molar-refractivity contribution in [3.63, 3.8) is 0 Å². The number of hydrogen-bond acceptors (Lipinski definition) is 14. The Hall–Kier alpha value is -4.09. The Bertz CT molecular complexity index is 2450. The number of ether oxygens (including phenoxy) is 4. The molecule has 0 spiro atoms. The molecule has 0 aromatic heterocycles. The van der Waals surface area contributed by atoms with Gasteiger partial charge >= 0.3 is 5.97 Å². The summed E-state index contributed by atoms with van der Waals surface area (Å²) in [5.41, 5.74) is 2.29. The maximum absolute atomic E-state index is 12.2. The molecule has 2 aromatic rings. The molecule has 2 aliphatic rings. The molecule has 0 radical (unpaired) electrons. The quantitative estimate of drug-likeness (QED) is 0.0481. The van der Waals surface area contributed by atoms with Gasteiger partial charge in [-0.2, -0.15) is 13.0 Å². The molecule has 2 N–H and O–H groups in total. The van der Waals surface area contributed by atoms with E-state index in [1.165, 1.54) is 30.3 Å². The number of carboxylic acids is 1. The Morgan fingerprint density at radius 1 is 0.734 bits per heavy atom. The average Bonchev–Trinajstić information content (AvgIpc) is 3.58. The number of fused-ring (bicyclic) bond motifs is 2. The number of rotatable bonds is 28. The maximum Gasteiger partial charge on any atom is 0.303 e. The van der Waals surface area contributed by atoms with Crippen molar-refractivity contribution in [3.8, 4) is 0 Å². The molecule has 2 heterocycles. The number of hydrogen-bond donors (Lipinski definition) is 2. The Balaban J connectivity index is 1.72. The number of aliphatic carboxylic acids is 1. The molecule has 0 aliphatic carbocycles. The zero-order valence-corrected chi connectivity index (χ0v) is 39.1. The van der Waals surface area contributed by atoms with E-state index in [1.807, 2.05) is 36.7 Å². The lowest BCUT2D eigenvalue weighted by Gasteiger charge is -2.30. The summed E-state index contributed by atoms with van der Waals surface area (Å²) < 4.78 is 129. The number of carbonyl (C=O) groups is 1. The van der Waals surface area contributed by atoms with Gasteiger partial charge in [0.2, 0.25) is 5.69 Å². The number of carboxylic acid groups (broad SMARTS) is 1. The maximum atomic E-state index is 12.2. The van der Waals surface area contributed by atoms with Crippen molar-refractivity contribution in [1.29, 1.82) is 0 Å². The monoisotopic (exact) mass is 951 g/mol. The van der Waals surface area contributed by atoms with Crippen LogP contribution in [0.5, 0.6) is 0 Å². The van der Waals surface area contributed by atoms with Crippen LogP contribution >= 0.6 is 0 Å². The van der Waals surface area contributed by atoms with Crippen LogP contribution in [0.3, 0.4) is 0 Å². The van der Waals surface area contributed by atoms with Crippen LogP contribution in [0.15, 0.2) is 94.4 Å². The van der Waals surface area contributed by atoms with Crippen LogP contribution < -0.4 is 4.90 Å². The summed E-state index contributed by atoms with van der Waals surface area (Å²) in [6, 6.07) is 8.42. The van der Waals surface area contributed by atoms with Crippen molar-refractivity contribution in [2.45, 2.75) is 79.4 Å². The molecule has 4 rings (SSSR count). The molecule has 2 aromatic carbocycles. The van der Waals surface area contributed by atoms with Crippen LogP contribution in [0.4, 0.5) is 11.4 Å². The van der Waals surface area contributed by atoms with Crippen molar-refractivity contribution >= 4 is 53.4 Å². The van der Waals surface area contributed by atoms with E-state index in [1.54, 1.807) is 44.6 Å². The van der Waals surface area contributed by atoms with Crippen LogP contribution in [-0.4, -0.2) is 133 Å². The molecule has 17 nitrogen and oxygen atoms in total. The molecule has 64 heavy (non-hydrogen) atoms. The molecule has 0 bridgehead atoms. The summed E-state index contributed by atoms with van der Waals surface area (Å²) in [7, 11) is -10.8. The van der Waals surface area contributed by atoms with E-state index >= 15 is 0 Å². The predicted octanol–water partition coefficient (Wildman–Crippen LogP) is 5.21. The first kappa shape index (κ1) is 52.5. The van der Waals surface area contributed by atoms with E-state index in [9.17, 15) is 43.7 Å². The molecule has 0 saturated carbocycles. The minimum absolute atomic E-state index is 0.0392. The van der Waals surface area contributed by atoms with E-state index in [0.29, 0.717) is 94.2 Å². The fraction of sp³-hybridized carbons (Fsp3) is 0.500. The second kappa shape index (κ2) is 23.4. The third-order valence-corrected chi connectivity index (χ3v) is 13.8. The fourth-order valence-electron chi connectivity index (χ4n) is 8.04. The van der Waals surface area contributed by atoms with E-state index < -0.39 is 57.8 Å². The Morgan fingerprint density at radius 2 is 1.31 bits per heavy atom. The lowest BCUT2D eigenvalue weighted by atomic mass is 9.76. The first-order valence-electron chi connectivity index (χ1n) is 20.8. The number of unbranched alkanes of at least 4 members (excludes halogenated alkanes) is 2. The highest BCUT2D eigenvalue weighted by Crippen LogP contribution is 2.51. The van der Waals surface area contributed by atoms with Gasteiger partial charge in [0.15, 0.2) is 5.71 Å². The molecule has 2 aliphatic heterocycles. The molecular formula is C44H59N2O15S3-. The summed E-state index contributed by atoms with van der Waals surface area (Å²) in [6.07, 6.45) is 15.3. The van der Waals surface area contributed by atoms with Gasteiger partial charge in [0.05, 0.1) is 47.4 Å². The number of methoxy groups -OCH3 is 2. The SMILES string of the molecule is COCCOCCC1(C)C(=CC=CC=CC=CC2=[N+](CCCS(=O)(=O)O)c3ccc(S(=O)(=O)[O-])cc3C2(C)CCOCCOC)N(CCCCCC(=O)O)c2ccc(S(=O)(=O)[O-])cc21. The second-order valence-electron chi connectivity index (χ2n) is 15.9. The zero-order chi connectivity index (χ0) is 47.2. The molecule has 20 heteroatoms. The summed E-state index contributed by atoms with van der Waals surface area (Å²) in [5.74, 6) is -1.39. The Labute approximate surface area is 377 Å². The summed E-state index contributed by atoms with van der Waals surface area (Å²) >= 11 is 0. The van der Waals surface area contributed by atoms with E-state index in [4.69, 9.17) is 24.1 Å². The third kappa shape index (κ3) is 14.2. The van der Waals surface area contributed by atoms with Crippen LogP contribution in [0, 0.1) is 0 Å². The van der Waals surface area contributed by atoms with Crippen molar-refractivity contribution in [3.05, 3.63) is 95.8 Å². The van der Waals surface area contributed by atoms with Crippen LogP contribution in [0.1, 0.15) is 69.9 Å². The van der Waals surface area contributed by atoms with Crippen molar-refractivity contribution < 1.29 is 72.3 Å². The van der Waals surface area contributed by atoms with E-state index in [0.717, 1.165) is 11.4 Å². The Kier molecular flexibility index (Phi) is 19.2. The number of allylic oxidation sites excluding steroid dienone is 8. The van der Waals surface area contributed by atoms with Gasteiger partial charge in [-0.3, -0.25) is 9.35 Å². The summed E-state index contributed by atoms with van der Waals surface area (Å²) in [4.78, 5) is 12.5. The van der Waals surface area contributed by atoms with Gasteiger partial charge in [-0.1, -0.05) is 36.8 Å². The van der Waals surface area contributed by atoms with Crippen LogP contribution in [0.25, 0.3) is 0 Å². The smallest absolute Gasteiger partial charge is 0.303 e. The molecule has 2 unspecified atom stereocenters. The molecule has 354 valence electrons. The molecule has 0 fully saturated rings. The predicted molar refractivity (Wildman–Crippen MR) is 238 cm³/mol. The summed E-state index contributed by atoms with van der Waals surface area (Å²) in [5, 5.41) is 9.14. The fourth-order valence-corrected chi connectivity index (χ4v) is 9.53. The Morgan fingerprint density at radius 3 is 1.91 bits per heavy atom. The molecule has 0 amide bonds. The average molecular weight is 952 g/mol. The van der Waals surface area contributed by atoms with Crippen molar-refractivity contribution in [2.24, 2.45) is 0 Å². The minimum atomic E-state index is -4.82. The van der Waals surface area contributed by atoms with Crippen LogP contribution in [0.2, 0.25) is 0 Å². The zero-order valence-electron chi connectivity index (χ0n) is 36.6. The lowest BCUT2D eigenvalue weighted by Crippen LogP contribution is -2.33. The largest absolute Gasteiger partial charge is 0.744 e. The highest BCUT2D eigenvalue weighted by molar-refractivity contribution is 7.86. The van der Waals surface area contributed by atoms with Gasteiger partial charge in [0.25, 0.3) is 10.1 Å². The number of anilines is 1. The highest BCUT2D eigenvalue weighted by atomic mass is 32.2. The molecule has 0 saturated heterocycles. The van der Waals surface area contributed by atoms with Gasteiger partial charge in [-0.15, -0.1) is 0 Å². The van der Waals surface area contributed by atoms with Gasteiger partial charge < -0.3 is 38.1 Å². The number of nitrogens with zero attached hydrogens (tertiary/aromatic N) is 2. The third-order valence-electron chi connectivity index (χ3n) is 11.4. The highest BCUT2D eigenvalue weighted by Gasteiger charge is 2.48. The number of benzene rings is 2. The molecule has 2 atom stereocenters.